The minimum Gasteiger partial charge on any atom is -0.346 e. The Morgan fingerprint density at radius 3 is 3.10 bits per heavy atom. The van der Waals surface area contributed by atoms with Crippen LogP contribution >= 0.6 is 0 Å². The highest BCUT2D eigenvalue weighted by molar-refractivity contribution is 5.77. The van der Waals surface area contributed by atoms with E-state index < -0.39 is 0 Å². The van der Waals surface area contributed by atoms with Crippen molar-refractivity contribution >= 4 is 16.9 Å². The van der Waals surface area contributed by atoms with Crippen LogP contribution < -0.4 is 5.32 Å². The molecule has 1 aromatic heterocycles. The Kier molecular flexibility index (Phi) is 3.54. The first-order chi connectivity index (χ1) is 9.72. The van der Waals surface area contributed by atoms with Crippen LogP contribution in [0.4, 0.5) is 0 Å². The van der Waals surface area contributed by atoms with Crippen LogP contribution in [0.1, 0.15) is 38.1 Å². The lowest BCUT2D eigenvalue weighted by Gasteiger charge is -2.13. The van der Waals surface area contributed by atoms with Crippen molar-refractivity contribution in [2.75, 3.05) is 0 Å². The molecule has 1 aromatic carbocycles. The number of amides is 1. The SMILES string of the molecule is C[C@H](NC(=O)C[C@@H]1C=CCC1)c1nc2ccccc2[nH]1. The molecule has 1 heterocycles. The fraction of sp³-hybridized carbons (Fsp3) is 0.375. The molecule has 0 spiro atoms. The molecule has 3 rings (SSSR count). The van der Waals surface area contributed by atoms with Gasteiger partial charge in [0.2, 0.25) is 5.91 Å². The summed E-state index contributed by atoms with van der Waals surface area (Å²) in [6, 6.07) is 7.79. The van der Waals surface area contributed by atoms with Gasteiger partial charge in [-0.3, -0.25) is 4.79 Å². The molecule has 104 valence electrons. The molecule has 0 fully saturated rings. The van der Waals surface area contributed by atoms with Gasteiger partial charge in [0.05, 0.1) is 17.1 Å². The number of carbonyl (C=O) groups excluding carboxylic acids is 1. The summed E-state index contributed by atoms with van der Waals surface area (Å²) >= 11 is 0. The van der Waals surface area contributed by atoms with E-state index in [1.165, 1.54) is 0 Å². The molecule has 2 N–H and O–H groups in total. The van der Waals surface area contributed by atoms with Gasteiger partial charge in [-0.1, -0.05) is 24.3 Å². The van der Waals surface area contributed by atoms with Gasteiger partial charge >= 0.3 is 0 Å². The Hall–Kier alpha value is -2.10. The van der Waals surface area contributed by atoms with E-state index in [1.54, 1.807) is 0 Å². The monoisotopic (exact) mass is 269 g/mol. The van der Waals surface area contributed by atoms with E-state index in [9.17, 15) is 4.79 Å². The molecule has 0 bridgehead atoms. The maximum Gasteiger partial charge on any atom is 0.221 e. The first-order valence-corrected chi connectivity index (χ1v) is 7.13. The quantitative estimate of drug-likeness (QED) is 0.838. The summed E-state index contributed by atoms with van der Waals surface area (Å²) in [7, 11) is 0. The number of para-hydroxylation sites is 2. The number of aromatic amines is 1. The number of aromatic nitrogens is 2. The number of imidazole rings is 1. The summed E-state index contributed by atoms with van der Waals surface area (Å²) < 4.78 is 0. The summed E-state index contributed by atoms with van der Waals surface area (Å²) in [5.74, 6) is 1.30. The van der Waals surface area contributed by atoms with E-state index in [2.05, 4.69) is 27.4 Å². The molecule has 1 amide bonds. The molecule has 0 radical (unpaired) electrons. The molecular formula is C16H19N3O. The van der Waals surface area contributed by atoms with Crippen LogP contribution in [0.3, 0.4) is 0 Å². The fourth-order valence-electron chi connectivity index (χ4n) is 2.65. The van der Waals surface area contributed by atoms with Crippen LogP contribution in [0.25, 0.3) is 11.0 Å². The van der Waals surface area contributed by atoms with E-state index >= 15 is 0 Å². The smallest absolute Gasteiger partial charge is 0.221 e. The van der Waals surface area contributed by atoms with Gasteiger partial charge in [-0.05, 0) is 37.8 Å². The zero-order valence-electron chi connectivity index (χ0n) is 11.6. The van der Waals surface area contributed by atoms with E-state index in [0.717, 1.165) is 29.7 Å². The van der Waals surface area contributed by atoms with Gasteiger partial charge in [0.25, 0.3) is 0 Å². The molecule has 0 saturated heterocycles. The summed E-state index contributed by atoms with van der Waals surface area (Å²) in [5, 5.41) is 3.02. The largest absolute Gasteiger partial charge is 0.346 e. The lowest BCUT2D eigenvalue weighted by Crippen LogP contribution is -2.28. The molecule has 1 aliphatic rings. The van der Waals surface area contributed by atoms with Crippen molar-refractivity contribution < 1.29 is 4.79 Å². The van der Waals surface area contributed by atoms with Crippen molar-refractivity contribution in [3.8, 4) is 0 Å². The van der Waals surface area contributed by atoms with Crippen LogP contribution in [0, 0.1) is 5.92 Å². The predicted octanol–water partition coefficient (Wildman–Crippen LogP) is 3.10. The number of carbonyl (C=O) groups is 1. The second kappa shape index (κ2) is 5.49. The average molecular weight is 269 g/mol. The molecule has 4 heteroatoms. The van der Waals surface area contributed by atoms with Gasteiger partial charge < -0.3 is 10.3 Å². The van der Waals surface area contributed by atoms with Crippen molar-refractivity contribution in [2.45, 2.75) is 32.2 Å². The molecule has 1 aliphatic carbocycles. The maximum absolute atomic E-state index is 12.0. The molecule has 0 aliphatic heterocycles. The summed E-state index contributed by atoms with van der Waals surface area (Å²) in [4.78, 5) is 19.8. The van der Waals surface area contributed by atoms with Crippen LogP contribution in [0.5, 0.6) is 0 Å². The Bertz CT molecular complexity index is 611. The van der Waals surface area contributed by atoms with Crippen LogP contribution in [-0.2, 0) is 4.79 Å². The van der Waals surface area contributed by atoms with Gasteiger partial charge in [-0.15, -0.1) is 0 Å². The number of nitrogens with one attached hydrogen (secondary N) is 2. The second-order valence-electron chi connectivity index (χ2n) is 5.40. The van der Waals surface area contributed by atoms with Crippen molar-refractivity contribution in [3.05, 3.63) is 42.2 Å². The summed E-state index contributed by atoms with van der Waals surface area (Å²) in [5.41, 5.74) is 1.93. The van der Waals surface area contributed by atoms with Crippen LogP contribution in [-0.4, -0.2) is 15.9 Å². The van der Waals surface area contributed by atoms with Gasteiger partial charge in [-0.2, -0.15) is 0 Å². The number of fused-ring (bicyclic) bond motifs is 1. The van der Waals surface area contributed by atoms with Gasteiger partial charge in [-0.25, -0.2) is 4.98 Å². The molecule has 4 nitrogen and oxygen atoms in total. The normalized spacial score (nSPS) is 19.4. The molecule has 20 heavy (non-hydrogen) atoms. The number of H-pyrrole nitrogens is 1. The first kappa shape index (κ1) is 12.9. The van der Waals surface area contributed by atoms with Crippen LogP contribution in [0.2, 0.25) is 0 Å². The Morgan fingerprint density at radius 1 is 1.50 bits per heavy atom. The van der Waals surface area contributed by atoms with Crippen molar-refractivity contribution in [3.63, 3.8) is 0 Å². The minimum absolute atomic E-state index is 0.0921. The Morgan fingerprint density at radius 2 is 2.35 bits per heavy atom. The first-order valence-electron chi connectivity index (χ1n) is 7.13. The van der Waals surface area contributed by atoms with Crippen molar-refractivity contribution in [2.24, 2.45) is 5.92 Å². The molecule has 2 aromatic rings. The lowest BCUT2D eigenvalue weighted by molar-refractivity contribution is -0.122. The van der Waals surface area contributed by atoms with Gasteiger partial charge in [0.15, 0.2) is 0 Å². The van der Waals surface area contributed by atoms with E-state index in [4.69, 9.17) is 0 Å². The molecule has 0 unspecified atom stereocenters. The second-order valence-corrected chi connectivity index (χ2v) is 5.40. The maximum atomic E-state index is 12.0. The minimum atomic E-state index is -0.0970. The third-order valence-electron chi connectivity index (χ3n) is 3.76. The highest BCUT2D eigenvalue weighted by Gasteiger charge is 2.17. The van der Waals surface area contributed by atoms with Crippen molar-refractivity contribution in [1.82, 2.24) is 15.3 Å². The fourth-order valence-corrected chi connectivity index (χ4v) is 2.65. The number of hydrogen-bond donors (Lipinski definition) is 2. The number of rotatable bonds is 4. The van der Waals surface area contributed by atoms with Gasteiger partial charge in [0.1, 0.15) is 5.82 Å². The topological polar surface area (TPSA) is 57.8 Å². The number of nitrogens with zero attached hydrogens (tertiary/aromatic N) is 1. The third-order valence-corrected chi connectivity index (χ3v) is 3.76. The number of benzene rings is 1. The average Bonchev–Trinajstić information content (AvgIpc) is 3.06. The summed E-state index contributed by atoms with van der Waals surface area (Å²) in [6.07, 6.45) is 7.05. The Labute approximate surface area is 118 Å². The standard InChI is InChI=1S/C16H19N3O/c1-11(17-15(20)10-12-6-2-3-7-12)16-18-13-8-4-5-9-14(13)19-16/h2,4-6,8-9,11-12H,3,7,10H2,1H3,(H,17,20)(H,18,19)/t11-,12+/m0/s1. The molecule has 2 atom stereocenters. The lowest BCUT2D eigenvalue weighted by atomic mass is 10.0. The highest BCUT2D eigenvalue weighted by atomic mass is 16.1. The van der Waals surface area contributed by atoms with Crippen molar-refractivity contribution in [1.29, 1.82) is 0 Å². The van der Waals surface area contributed by atoms with Crippen LogP contribution in [0.15, 0.2) is 36.4 Å². The molecular weight excluding hydrogens is 250 g/mol. The molecule has 0 saturated carbocycles. The summed E-state index contributed by atoms with van der Waals surface area (Å²) in [6.45, 7) is 1.96. The number of hydrogen-bond acceptors (Lipinski definition) is 2. The third kappa shape index (κ3) is 2.74. The van der Waals surface area contributed by atoms with Gasteiger partial charge in [0, 0.05) is 6.42 Å². The van der Waals surface area contributed by atoms with E-state index in [1.807, 2.05) is 31.2 Å². The zero-order valence-corrected chi connectivity index (χ0v) is 11.6. The highest BCUT2D eigenvalue weighted by Crippen LogP contribution is 2.21. The van der Waals surface area contributed by atoms with E-state index in [-0.39, 0.29) is 11.9 Å². The van der Waals surface area contributed by atoms with E-state index in [0.29, 0.717) is 12.3 Å². The number of allylic oxidation sites excluding steroid dienone is 2. The zero-order chi connectivity index (χ0) is 13.9. The predicted molar refractivity (Wildman–Crippen MR) is 79.1 cm³/mol. The Balaban J connectivity index is 1.64.